The van der Waals surface area contributed by atoms with E-state index in [0.717, 1.165) is 25.7 Å². The summed E-state index contributed by atoms with van der Waals surface area (Å²) in [4.78, 5) is 29.4. The molecule has 2 aliphatic rings. The van der Waals surface area contributed by atoms with Gasteiger partial charge in [-0.05, 0) is 37.1 Å². The Bertz CT molecular complexity index is 870. The van der Waals surface area contributed by atoms with Gasteiger partial charge in [0, 0.05) is 50.9 Å². The second-order valence-corrected chi connectivity index (χ2v) is 10.5. The molecule has 1 aliphatic heterocycles. The third-order valence-electron chi connectivity index (χ3n) is 6.49. The molecule has 32 heavy (non-hydrogen) atoms. The molecule has 0 bridgehead atoms. The fourth-order valence-corrected chi connectivity index (χ4v) is 6.02. The summed E-state index contributed by atoms with van der Waals surface area (Å²) in [5.41, 5.74) is 0.569. The van der Waals surface area contributed by atoms with Gasteiger partial charge in [0.05, 0.1) is 11.4 Å². The van der Waals surface area contributed by atoms with Crippen LogP contribution in [0.5, 0.6) is 0 Å². The second-order valence-electron chi connectivity index (χ2n) is 8.60. The van der Waals surface area contributed by atoms with E-state index in [1.54, 1.807) is 26.0 Å². The molecule has 1 saturated heterocycles. The summed E-state index contributed by atoms with van der Waals surface area (Å²) in [6.07, 6.45) is 5.56. The number of amides is 2. The van der Waals surface area contributed by atoms with Crippen LogP contribution in [0, 0.1) is 5.92 Å². The van der Waals surface area contributed by atoms with E-state index in [4.69, 9.17) is 0 Å². The van der Waals surface area contributed by atoms with Gasteiger partial charge in [0.15, 0.2) is 0 Å². The summed E-state index contributed by atoms with van der Waals surface area (Å²) in [6.45, 7) is 7.41. The van der Waals surface area contributed by atoms with Gasteiger partial charge in [0.1, 0.15) is 0 Å². The molecule has 1 N–H and O–H groups in total. The Morgan fingerprint density at radius 2 is 1.56 bits per heavy atom. The highest BCUT2D eigenvalue weighted by molar-refractivity contribution is 7.89. The summed E-state index contributed by atoms with van der Waals surface area (Å²) in [5, 5.41) is 2.84. The molecule has 1 aromatic carbocycles. The molecule has 8 nitrogen and oxygen atoms in total. The second kappa shape index (κ2) is 11.2. The number of benzene rings is 1. The standard InChI is InChI=1S/C23H36N4O4S/c1-3-27(4-2)32(30,31)21-12-10-20(11-13-21)24-22(28)18-25-14-16-26(17-15-25)23(29)19-8-6-5-7-9-19/h10-13,19H,3-9,14-18H2,1-2H3,(H,24,28). The van der Waals surface area contributed by atoms with E-state index in [1.807, 2.05) is 4.90 Å². The van der Waals surface area contributed by atoms with Gasteiger partial charge in [-0.1, -0.05) is 33.1 Å². The van der Waals surface area contributed by atoms with E-state index in [0.29, 0.717) is 45.0 Å². The van der Waals surface area contributed by atoms with Gasteiger partial charge in [-0.15, -0.1) is 0 Å². The molecule has 0 unspecified atom stereocenters. The molecular formula is C23H36N4O4S. The van der Waals surface area contributed by atoms with Gasteiger partial charge >= 0.3 is 0 Å². The SMILES string of the molecule is CCN(CC)S(=O)(=O)c1ccc(NC(=O)CN2CCN(C(=O)C3CCCCC3)CC2)cc1. The van der Waals surface area contributed by atoms with Crippen LogP contribution in [0.2, 0.25) is 0 Å². The number of carbonyl (C=O) groups excluding carboxylic acids is 2. The van der Waals surface area contributed by atoms with Crippen molar-refractivity contribution in [3.05, 3.63) is 24.3 Å². The zero-order valence-corrected chi connectivity index (χ0v) is 20.1. The number of nitrogens with zero attached hydrogens (tertiary/aromatic N) is 3. The largest absolute Gasteiger partial charge is 0.340 e. The number of anilines is 1. The summed E-state index contributed by atoms with van der Waals surface area (Å²) in [5.74, 6) is 0.331. The molecule has 0 aromatic heterocycles. The molecular weight excluding hydrogens is 428 g/mol. The molecule has 9 heteroatoms. The summed E-state index contributed by atoms with van der Waals surface area (Å²) in [7, 11) is -3.51. The van der Waals surface area contributed by atoms with Crippen molar-refractivity contribution in [1.82, 2.24) is 14.1 Å². The van der Waals surface area contributed by atoms with Gasteiger partial charge in [0.2, 0.25) is 21.8 Å². The average Bonchev–Trinajstić information content (AvgIpc) is 2.80. The Hall–Kier alpha value is -1.97. The fourth-order valence-electron chi connectivity index (χ4n) is 4.56. The number of carbonyl (C=O) groups is 2. The zero-order valence-electron chi connectivity index (χ0n) is 19.3. The van der Waals surface area contributed by atoms with Crippen LogP contribution < -0.4 is 5.32 Å². The van der Waals surface area contributed by atoms with Crippen molar-refractivity contribution < 1.29 is 18.0 Å². The van der Waals surface area contributed by atoms with Crippen LogP contribution in [0.15, 0.2) is 29.2 Å². The molecule has 3 rings (SSSR count). The topological polar surface area (TPSA) is 90.0 Å². The first-order valence-electron chi connectivity index (χ1n) is 11.8. The third-order valence-corrected chi connectivity index (χ3v) is 8.55. The Balaban J connectivity index is 1.46. The van der Waals surface area contributed by atoms with Crippen LogP contribution in [0.4, 0.5) is 5.69 Å². The highest BCUT2D eigenvalue weighted by Gasteiger charge is 2.29. The van der Waals surface area contributed by atoms with Crippen molar-refractivity contribution in [2.24, 2.45) is 5.92 Å². The minimum atomic E-state index is -3.51. The lowest BCUT2D eigenvalue weighted by molar-refractivity contribution is -0.138. The first kappa shape index (κ1) is 24.7. The van der Waals surface area contributed by atoms with E-state index in [-0.39, 0.29) is 29.2 Å². The number of hydrogen-bond acceptors (Lipinski definition) is 5. The van der Waals surface area contributed by atoms with Crippen molar-refractivity contribution in [1.29, 1.82) is 0 Å². The van der Waals surface area contributed by atoms with E-state index in [1.165, 1.54) is 22.9 Å². The van der Waals surface area contributed by atoms with Crippen molar-refractivity contribution in [3.8, 4) is 0 Å². The Kier molecular flexibility index (Phi) is 8.67. The summed E-state index contributed by atoms with van der Waals surface area (Å²) >= 11 is 0. The van der Waals surface area contributed by atoms with Crippen molar-refractivity contribution in [3.63, 3.8) is 0 Å². The highest BCUT2D eigenvalue weighted by Crippen LogP contribution is 2.26. The van der Waals surface area contributed by atoms with E-state index in [2.05, 4.69) is 10.2 Å². The average molecular weight is 465 g/mol. The minimum Gasteiger partial charge on any atom is -0.340 e. The predicted molar refractivity (Wildman–Crippen MR) is 125 cm³/mol. The van der Waals surface area contributed by atoms with E-state index in [9.17, 15) is 18.0 Å². The lowest BCUT2D eigenvalue weighted by atomic mass is 9.88. The molecule has 1 aliphatic carbocycles. The minimum absolute atomic E-state index is 0.142. The van der Waals surface area contributed by atoms with Gasteiger partial charge in [0.25, 0.3) is 0 Å². The summed E-state index contributed by atoms with van der Waals surface area (Å²) < 4.78 is 26.5. The Labute approximate surface area is 192 Å². The molecule has 1 aromatic rings. The van der Waals surface area contributed by atoms with Gasteiger partial charge in [-0.3, -0.25) is 14.5 Å². The third kappa shape index (κ3) is 6.08. The molecule has 1 heterocycles. The molecule has 0 spiro atoms. The number of piperazine rings is 1. The molecule has 178 valence electrons. The molecule has 2 fully saturated rings. The molecule has 0 radical (unpaired) electrons. The number of hydrogen-bond donors (Lipinski definition) is 1. The van der Waals surface area contributed by atoms with Gasteiger partial charge in [-0.25, -0.2) is 8.42 Å². The van der Waals surface area contributed by atoms with Crippen LogP contribution in [0.1, 0.15) is 46.0 Å². The van der Waals surface area contributed by atoms with Crippen molar-refractivity contribution >= 4 is 27.5 Å². The lowest BCUT2D eigenvalue weighted by Gasteiger charge is -2.36. The van der Waals surface area contributed by atoms with Gasteiger partial charge in [-0.2, -0.15) is 4.31 Å². The smallest absolute Gasteiger partial charge is 0.243 e. The van der Waals surface area contributed by atoms with E-state index >= 15 is 0 Å². The summed E-state index contributed by atoms with van der Waals surface area (Å²) in [6, 6.07) is 6.29. The van der Waals surface area contributed by atoms with Crippen LogP contribution >= 0.6 is 0 Å². The molecule has 1 saturated carbocycles. The predicted octanol–water partition coefficient (Wildman–Crippen LogP) is 2.38. The van der Waals surface area contributed by atoms with Crippen LogP contribution in [0.25, 0.3) is 0 Å². The first-order chi connectivity index (χ1) is 15.3. The zero-order chi connectivity index (χ0) is 23.1. The monoisotopic (exact) mass is 464 g/mol. The molecule has 0 atom stereocenters. The van der Waals surface area contributed by atoms with Crippen LogP contribution in [0.3, 0.4) is 0 Å². The quantitative estimate of drug-likeness (QED) is 0.638. The normalized spacial score (nSPS) is 18.7. The van der Waals surface area contributed by atoms with Crippen LogP contribution in [-0.2, 0) is 19.6 Å². The number of nitrogens with one attached hydrogen (secondary N) is 1. The van der Waals surface area contributed by atoms with E-state index < -0.39 is 10.0 Å². The van der Waals surface area contributed by atoms with Crippen LogP contribution in [-0.4, -0.2) is 80.2 Å². The van der Waals surface area contributed by atoms with Crippen molar-refractivity contribution in [2.45, 2.75) is 50.8 Å². The Morgan fingerprint density at radius 1 is 0.969 bits per heavy atom. The first-order valence-corrected chi connectivity index (χ1v) is 13.2. The fraction of sp³-hybridized carbons (Fsp3) is 0.652. The Morgan fingerprint density at radius 3 is 2.12 bits per heavy atom. The maximum atomic E-state index is 12.7. The molecule has 2 amide bonds. The number of rotatable bonds is 8. The maximum absolute atomic E-state index is 12.7. The highest BCUT2D eigenvalue weighted by atomic mass is 32.2. The van der Waals surface area contributed by atoms with Crippen molar-refractivity contribution in [2.75, 3.05) is 51.1 Å². The lowest BCUT2D eigenvalue weighted by Crippen LogP contribution is -2.52. The maximum Gasteiger partial charge on any atom is 0.243 e. The van der Waals surface area contributed by atoms with Gasteiger partial charge < -0.3 is 10.2 Å². The number of sulfonamides is 1.